The number of methoxy groups -OCH3 is 1. The highest BCUT2D eigenvalue weighted by molar-refractivity contribution is 7.85. The number of aryl methyl sites for hydroxylation is 1. The van der Waals surface area contributed by atoms with Gasteiger partial charge in [0.2, 0.25) is 0 Å². The standard InChI is InChI=1S/C21H19F3O6S2/c1-12-16-5-4-6-17(19(16)31-18(12)20(25)28-2)13-9-14(21(22,23)24)11-15(10-13)29-7-8-30-32(3,26)27/h4-6,9-11H,7-8H2,1-3H3. The molecule has 0 N–H and O–H groups in total. The molecule has 0 aliphatic rings. The summed E-state index contributed by atoms with van der Waals surface area (Å²) >= 11 is 1.14. The third-order valence-electron chi connectivity index (χ3n) is 4.53. The van der Waals surface area contributed by atoms with E-state index in [0.29, 0.717) is 20.7 Å². The molecule has 0 amide bonds. The van der Waals surface area contributed by atoms with Crippen molar-refractivity contribution >= 4 is 37.5 Å². The second-order valence-electron chi connectivity index (χ2n) is 6.85. The van der Waals surface area contributed by atoms with Crippen LogP contribution < -0.4 is 4.74 Å². The Labute approximate surface area is 186 Å². The van der Waals surface area contributed by atoms with Gasteiger partial charge in [0.1, 0.15) is 23.8 Å². The summed E-state index contributed by atoms with van der Waals surface area (Å²) in [6, 6.07) is 8.40. The maximum Gasteiger partial charge on any atom is 0.416 e. The fourth-order valence-electron chi connectivity index (χ4n) is 3.10. The van der Waals surface area contributed by atoms with Crippen LogP contribution in [-0.2, 0) is 25.2 Å². The first-order valence-electron chi connectivity index (χ1n) is 9.21. The Kier molecular flexibility index (Phi) is 6.82. The molecule has 3 aromatic rings. The molecular weight excluding hydrogens is 469 g/mol. The van der Waals surface area contributed by atoms with Crippen LogP contribution in [0.4, 0.5) is 13.2 Å². The molecule has 1 heterocycles. The Balaban J connectivity index is 2.06. The van der Waals surface area contributed by atoms with Crippen molar-refractivity contribution in [1.29, 1.82) is 0 Å². The lowest BCUT2D eigenvalue weighted by Gasteiger charge is -2.14. The minimum absolute atomic E-state index is 0.0922. The molecule has 6 nitrogen and oxygen atoms in total. The highest BCUT2D eigenvalue weighted by Crippen LogP contribution is 2.41. The molecule has 0 saturated heterocycles. The number of alkyl halides is 3. The van der Waals surface area contributed by atoms with Crippen molar-refractivity contribution in [3.63, 3.8) is 0 Å². The average Bonchev–Trinajstić information content (AvgIpc) is 3.06. The molecule has 0 atom stereocenters. The number of benzene rings is 2. The van der Waals surface area contributed by atoms with E-state index in [0.717, 1.165) is 35.1 Å². The van der Waals surface area contributed by atoms with Gasteiger partial charge in [-0.2, -0.15) is 21.6 Å². The van der Waals surface area contributed by atoms with Crippen LogP contribution in [-0.4, -0.2) is 41.0 Å². The summed E-state index contributed by atoms with van der Waals surface area (Å²) in [6.07, 6.45) is -3.77. The summed E-state index contributed by atoms with van der Waals surface area (Å²) in [5, 5.41) is 0.731. The summed E-state index contributed by atoms with van der Waals surface area (Å²) in [4.78, 5) is 12.4. The van der Waals surface area contributed by atoms with Gasteiger partial charge in [0, 0.05) is 4.70 Å². The molecular formula is C21H19F3O6S2. The summed E-state index contributed by atoms with van der Waals surface area (Å²) in [6.45, 7) is 1.15. The highest BCUT2D eigenvalue weighted by Gasteiger charge is 2.32. The van der Waals surface area contributed by atoms with Crippen LogP contribution in [0.5, 0.6) is 5.75 Å². The Morgan fingerprint density at radius 1 is 1.12 bits per heavy atom. The number of fused-ring (bicyclic) bond motifs is 1. The van der Waals surface area contributed by atoms with Crippen LogP contribution in [0.25, 0.3) is 21.2 Å². The molecule has 1 aromatic heterocycles. The molecule has 172 valence electrons. The van der Waals surface area contributed by atoms with Crippen LogP contribution in [0.2, 0.25) is 0 Å². The van der Waals surface area contributed by atoms with Crippen molar-refractivity contribution < 1.29 is 40.0 Å². The van der Waals surface area contributed by atoms with Gasteiger partial charge in [0.05, 0.1) is 18.9 Å². The number of rotatable bonds is 7. The van der Waals surface area contributed by atoms with E-state index in [1.54, 1.807) is 25.1 Å². The SMILES string of the molecule is COC(=O)c1sc2c(-c3cc(OCCOS(C)(=O)=O)cc(C(F)(F)F)c3)cccc2c1C. The van der Waals surface area contributed by atoms with E-state index in [1.807, 2.05) is 0 Å². The zero-order chi connectivity index (χ0) is 23.7. The van der Waals surface area contributed by atoms with E-state index in [1.165, 1.54) is 13.2 Å². The Morgan fingerprint density at radius 2 is 1.84 bits per heavy atom. The third kappa shape index (κ3) is 5.40. The molecule has 0 aliphatic carbocycles. The number of hydrogen-bond acceptors (Lipinski definition) is 7. The van der Waals surface area contributed by atoms with Crippen molar-refractivity contribution in [2.45, 2.75) is 13.1 Å². The van der Waals surface area contributed by atoms with Gasteiger partial charge in [0.15, 0.2) is 0 Å². The number of ether oxygens (including phenoxy) is 2. The van der Waals surface area contributed by atoms with Crippen LogP contribution in [0.1, 0.15) is 20.8 Å². The molecule has 11 heteroatoms. The number of esters is 1. The maximum absolute atomic E-state index is 13.5. The molecule has 0 radical (unpaired) electrons. The average molecular weight is 489 g/mol. The normalized spacial score (nSPS) is 12.2. The first kappa shape index (κ1) is 24.0. The van der Waals surface area contributed by atoms with Gasteiger partial charge in [-0.15, -0.1) is 11.3 Å². The number of thiophene rings is 1. The fourth-order valence-corrected chi connectivity index (χ4v) is 4.74. The van der Waals surface area contributed by atoms with E-state index in [2.05, 4.69) is 4.18 Å². The predicted octanol–water partition coefficient (Wildman–Crippen LogP) is 5.04. The summed E-state index contributed by atoms with van der Waals surface area (Å²) in [5.41, 5.74) is 0.490. The van der Waals surface area contributed by atoms with Crippen molar-refractivity contribution in [2.75, 3.05) is 26.6 Å². The Hall–Kier alpha value is -2.63. The second kappa shape index (κ2) is 9.08. The van der Waals surface area contributed by atoms with Gasteiger partial charge >= 0.3 is 12.1 Å². The minimum atomic E-state index is -4.63. The highest BCUT2D eigenvalue weighted by atomic mass is 32.2. The molecule has 0 aliphatic heterocycles. The number of halogens is 3. The summed E-state index contributed by atoms with van der Waals surface area (Å²) in [5.74, 6) is -0.612. The van der Waals surface area contributed by atoms with Gasteiger partial charge in [0.25, 0.3) is 10.1 Å². The van der Waals surface area contributed by atoms with Gasteiger partial charge < -0.3 is 9.47 Å². The first-order valence-corrected chi connectivity index (χ1v) is 11.8. The van der Waals surface area contributed by atoms with Crippen molar-refractivity contribution in [1.82, 2.24) is 0 Å². The van der Waals surface area contributed by atoms with Crippen molar-refractivity contribution in [3.8, 4) is 16.9 Å². The third-order valence-corrected chi connectivity index (χ3v) is 6.44. The molecule has 0 fully saturated rings. The van der Waals surface area contributed by atoms with Gasteiger partial charge in [-0.25, -0.2) is 4.79 Å². The zero-order valence-electron chi connectivity index (χ0n) is 17.3. The van der Waals surface area contributed by atoms with Gasteiger partial charge in [-0.3, -0.25) is 4.18 Å². The topological polar surface area (TPSA) is 78.9 Å². The van der Waals surface area contributed by atoms with Gasteiger partial charge in [-0.1, -0.05) is 18.2 Å². The first-order chi connectivity index (χ1) is 14.9. The molecule has 0 spiro atoms. The molecule has 0 unspecified atom stereocenters. The lowest BCUT2D eigenvalue weighted by Crippen LogP contribution is -2.12. The lowest BCUT2D eigenvalue weighted by atomic mass is 10.00. The largest absolute Gasteiger partial charge is 0.491 e. The van der Waals surface area contributed by atoms with Crippen molar-refractivity contribution in [2.24, 2.45) is 0 Å². The van der Waals surface area contributed by atoms with E-state index < -0.39 is 27.8 Å². The molecule has 3 rings (SSSR count). The fraction of sp³-hybridized carbons (Fsp3) is 0.286. The van der Waals surface area contributed by atoms with Crippen LogP contribution in [0.15, 0.2) is 36.4 Å². The van der Waals surface area contributed by atoms with E-state index in [9.17, 15) is 26.4 Å². The Morgan fingerprint density at radius 3 is 2.47 bits per heavy atom. The van der Waals surface area contributed by atoms with E-state index in [4.69, 9.17) is 9.47 Å². The lowest BCUT2D eigenvalue weighted by molar-refractivity contribution is -0.137. The number of carbonyl (C=O) groups excluding carboxylic acids is 1. The number of hydrogen-bond donors (Lipinski definition) is 0. The quantitative estimate of drug-likeness (QED) is 0.264. The zero-order valence-corrected chi connectivity index (χ0v) is 18.9. The van der Waals surface area contributed by atoms with Crippen LogP contribution in [0.3, 0.4) is 0 Å². The molecule has 0 saturated carbocycles. The maximum atomic E-state index is 13.5. The number of carbonyl (C=O) groups is 1. The van der Waals surface area contributed by atoms with Crippen molar-refractivity contribution in [3.05, 3.63) is 52.4 Å². The molecule has 0 bridgehead atoms. The second-order valence-corrected chi connectivity index (χ2v) is 9.51. The minimum Gasteiger partial charge on any atom is -0.491 e. The monoisotopic (exact) mass is 488 g/mol. The van der Waals surface area contributed by atoms with E-state index >= 15 is 0 Å². The van der Waals surface area contributed by atoms with Crippen LogP contribution >= 0.6 is 11.3 Å². The smallest absolute Gasteiger partial charge is 0.416 e. The van der Waals surface area contributed by atoms with E-state index in [-0.39, 0.29) is 24.5 Å². The summed E-state index contributed by atoms with van der Waals surface area (Å²) < 4.78 is 78.0. The summed E-state index contributed by atoms with van der Waals surface area (Å²) in [7, 11) is -2.43. The molecule has 2 aromatic carbocycles. The van der Waals surface area contributed by atoms with Crippen LogP contribution in [0, 0.1) is 6.92 Å². The molecule has 32 heavy (non-hydrogen) atoms. The Bertz CT molecular complexity index is 1260. The predicted molar refractivity (Wildman–Crippen MR) is 115 cm³/mol. The van der Waals surface area contributed by atoms with Gasteiger partial charge in [-0.05, 0) is 47.2 Å².